The van der Waals surface area contributed by atoms with E-state index < -0.39 is 0 Å². The van der Waals surface area contributed by atoms with E-state index in [2.05, 4.69) is 28.3 Å². The summed E-state index contributed by atoms with van der Waals surface area (Å²) in [7, 11) is 1.62. The van der Waals surface area contributed by atoms with Gasteiger partial charge in [0.05, 0.1) is 23.2 Å². The van der Waals surface area contributed by atoms with E-state index in [1.54, 1.807) is 7.11 Å². The number of hydrogen-bond acceptors (Lipinski definition) is 6. The van der Waals surface area contributed by atoms with Gasteiger partial charge >= 0.3 is 0 Å². The summed E-state index contributed by atoms with van der Waals surface area (Å²) in [5.74, 6) is 0. The molecule has 0 amide bonds. The van der Waals surface area contributed by atoms with Crippen LogP contribution >= 0.6 is 22.7 Å². The molecule has 1 unspecified atom stereocenters. The van der Waals surface area contributed by atoms with Gasteiger partial charge in [0.2, 0.25) is 0 Å². The fourth-order valence-electron chi connectivity index (χ4n) is 2.58. The third kappa shape index (κ3) is 2.28. The third-order valence-electron chi connectivity index (χ3n) is 3.63. The van der Waals surface area contributed by atoms with Crippen molar-refractivity contribution in [3.05, 3.63) is 32.5 Å². The van der Waals surface area contributed by atoms with Crippen LogP contribution in [0, 0.1) is 0 Å². The molecule has 0 bridgehead atoms. The maximum absolute atomic E-state index is 11.1. The molecule has 0 spiro atoms. The number of aldehydes is 1. The van der Waals surface area contributed by atoms with Gasteiger partial charge in [-0.25, -0.2) is 4.98 Å². The van der Waals surface area contributed by atoms with Crippen molar-refractivity contribution in [1.82, 2.24) is 4.98 Å². The molecule has 1 aliphatic heterocycles. The van der Waals surface area contributed by atoms with Gasteiger partial charge < -0.3 is 9.64 Å². The standard InChI is InChI=1S/C14H16N2O2S2/c1-9-10-4-6-19-12(10)3-5-16(9)14-15-11(8-18-2)13(7-17)20-14/h4,6-7,9H,3,5,8H2,1-2H3. The lowest BCUT2D eigenvalue weighted by Gasteiger charge is -2.33. The number of carbonyl (C=O) groups is 1. The SMILES string of the molecule is COCc1nc(N2CCc3sccc3C2C)sc1C=O. The van der Waals surface area contributed by atoms with Gasteiger partial charge in [-0.1, -0.05) is 11.3 Å². The first-order valence-electron chi connectivity index (χ1n) is 6.51. The second-order valence-corrected chi connectivity index (χ2v) is 6.79. The first kappa shape index (κ1) is 13.7. The molecule has 1 aliphatic rings. The van der Waals surface area contributed by atoms with E-state index in [1.165, 1.54) is 21.8 Å². The summed E-state index contributed by atoms with van der Waals surface area (Å²) in [5, 5.41) is 3.07. The number of methoxy groups -OCH3 is 1. The molecule has 0 radical (unpaired) electrons. The highest BCUT2D eigenvalue weighted by Gasteiger charge is 2.27. The number of anilines is 1. The van der Waals surface area contributed by atoms with Crippen molar-refractivity contribution in [2.45, 2.75) is 26.0 Å². The molecule has 0 aliphatic carbocycles. The molecule has 0 fully saturated rings. The van der Waals surface area contributed by atoms with Crippen molar-refractivity contribution in [1.29, 1.82) is 0 Å². The molecule has 3 heterocycles. The number of hydrogen-bond donors (Lipinski definition) is 0. The van der Waals surface area contributed by atoms with E-state index in [4.69, 9.17) is 4.74 Å². The van der Waals surface area contributed by atoms with Crippen molar-refractivity contribution >= 4 is 34.1 Å². The summed E-state index contributed by atoms with van der Waals surface area (Å²) in [6.45, 7) is 3.53. The number of thiophene rings is 1. The first-order chi connectivity index (χ1) is 9.74. The summed E-state index contributed by atoms with van der Waals surface area (Å²) >= 11 is 3.28. The first-order valence-corrected chi connectivity index (χ1v) is 8.21. The number of aromatic nitrogens is 1. The molecule has 0 N–H and O–H groups in total. The zero-order valence-corrected chi connectivity index (χ0v) is 13.1. The topological polar surface area (TPSA) is 42.4 Å². The molecular formula is C14H16N2O2S2. The van der Waals surface area contributed by atoms with Crippen LogP contribution in [0.3, 0.4) is 0 Å². The Labute approximate surface area is 126 Å². The van der Waals surface area contributed by atoms with Crippen LogP contribution in [0.4, 0.5) is 5.13 Å². The fraction of sp³-hybridized carbons (Fsp3) is 0.429. The predicted octanol–water partition coefficient (Wildman–Crippen LogP) is 3.29. The van der Waals surface area contributed by atoms with Gasteiger partial charge in [-0.05, 0) is 30.4 Å². The van der Waals surface area contributed by atoms with E-state index in [0.29, 0.717) is 17.5 Å². The minimum absolute atomic E-state index is 0.311. The van der Waals surface area contributed by atoms with Crippen molar-refractivity contribution < 1.29 is 9.53 Å². The predicted molar refractivity (Wildman–Crippen MR) is 82.0 cm³/mol. The molecule has 1 atom stereocenters. The van der Waals surface area contributed by atoms with Crippen molar-refractivity contribution in [2.75, 3.05) is 18.6 Å². The Morgan fingerprint density at radius 1 is 1.60 bits per heavy atom. The van der Waals surface area contributed by atoms with Gasteiger partial charge in [-0.15, -0.1) is 11.3 Å². The maximum atomic E-state index is 11.1. The van der Waals surface area contributed by atoms with Gasteiger partial charge in [0.15, 0.2) is 11.4 Å². The van der Waals surface area contributed by atoms with Gasteiger partial charge in [-0.3, -0.25) is 4.79 Å². The van der Waals surface area contributed by atoms with Crippen LogP contribution in [0.15, 0.2) is 11.4 Å². The van der Waals surface area contributed by atoms with Crippen molar-refractivity contribution in [2.24, 2.45) is 0 Å². The lowest BCUT2D eigenvalue weighted by atomic mass is 10.0. The van der Waals surface area contributed by atoms with Crippen LogP contribution in [-0.4, -0.2) is 24.9 Å². The molecule has 0 saturated carbocycles. The molecule has 0 aromatic carbocycles. The van der Waals surface area contributed by atoms with E-state index >= 15 is 0 Å². The lowest BCUT2D eigenvalue weighted by molar-refractivity contribution is 0.112. The van der Waals surface area contributed by atoms with E-state index in [1.807, 2.05) is 11.3 Å². The molecule has 20 heavy (non-hydrogen) atoms. The van der Waals surface area contributed by atoms with Crippen molar-refractivity contribution in [3.8, 4) is 0 Å². The largest absolute Gasteiger partial charge is 0.378 e. The van der Waals surface area contributed by atoms with Crippen LogP contribution < -0.4 is 4.90 Å². The van der Waals surface area contributed by atoms with Crippen LogP contribution in [0.1, 0.15) is 38.8 Å². The maximum Gasteiger partial charge on any atom is 0.186 e. The molecule has 3 rings (SSSR count). The fourth-order valence-corrected chi connectivity index (χ4v) is 4.53. The van der Waals surface area contributed by atoms with Crippen LogP contribution in [-0.2, 0) is 17.8 Å². The summed E-state index contributed by atoms with van der Waals surface area (Å²) in [6, 6.07) is 2.51. The van der Waals surface area contributed by atoms with Crippen molar-refractivity contribution in [3.63, 3.8) is 0 Å². The summed E-state index contributed by atoms with van der Waals surface area (Å²) in [4.78, 5) is 20.2. The second-order valence-electron chi connectivity index (χ2n) is 4.78. The Balaban J connectivity index is 1.92. The van der Waals surface area contributed by atoms with Crippen LogP contribution in [0.5, 0.6) is 0 Å². The average molecular weight is 308 g/mol. The summed E-state index contributed by atoms with van der Waals surface area (Å²) in [5.41, 5.74) is 2.13. The second kappa shape index (κ2) is 5.63. The highest BCUT2D eigenvalue weighted by atomic mass is 32.1. The molecule has 2 aromatic rings. The number of carbonyl (C=O) groups excluding carboxylic acids is 1. The Morgan fingerprint density at radius 2 is 2.45 bits per heavy atom. The molecule has 0 saturated heterocycles. The van der Waals surface area contributed by atoms with Gasteiger partial charge in [0.25, 0.3) is 0 Å². The third-order valence-corrected chi connectivity index (χ3v) is 5.68. The van der Waals surface area contributed by atoms with Crippen LogP contribution in [0.2, 0.25) is 0 Å². The Hall–Kier alpha value is -1.24. The highest BCUT2D eigenvalue weighted by Crippen LogP contribution is 2.38. The van der Waals surface area contributed by atoms with E-state index in [0.717, 1.165) is 30.1 Å². The molecular weight excluding hydrogens is 292 g/mol. The normalized spacial score (nSPS) is 18.1. The van der Waals surface area contributed by atoms with Gasteiger partial charge in [-0.2, -0.15) is 0 Å². The quantitative estimate of drug-likeness (QED) is 0.813. The summed E-state index contributed by atoms with van der Waals surface area (Å²) < 4.78 is 5.11. The van der Waals surface area contributed by atoms with Gasteiger partial charge in [0, 0.05) is 18.5 Å². The Morgan fingerprint density at radius 3 is 3.20 bits per heavy atom. The minimum Gasteiger partial charge on any atom is -0.378 e. The number of ether oxygens (including phenoxy) is 1. The average Bonchev–Trinajstić information content (AvgIpc) is 3.06. The number of thiazole rings is 1. The molecule has 106 valence electrons. The Kier molecular flexibility index (Phi) is 3.87. The summed E-state index contributed by atoms with van der Waals surface area (Å²) in [6.07, 6.45) is 1.92. The zero-order chi connectivity index (χ0) is 14.1. The Bertz CT molecular complexity index is 620. The zero-order valence-electron chi connectivity index (χ0n) is 11.5. The van der Waals surface area contributed by atoms with E-state index in [-0.39, 0.29) is 0 Å². The van der Waals surface area contributed by atoms with Gasteiger partial charge in [0.1, 0.15) is 0 Å². The highest BCUT2D eigenvalue weighted by molar-refractivity contribution is 7.17. The number of fused-ring (bicyclic) bond motifs is 1. The molecule has 4 nitrogen and oxygen atoms in total. The monoisotopic (exact) mass is 308 g/mol. The molecule has 2 aromatic heterocycles. The van der Waals surface area contributed by atoms with Crippen LogP contribution in [0.25, 0.3) is 0 Å². The number of nitrogens with zero attached hydrogens (tertiary/aromatic N) is 2. The van der Waals surface area contributed by atoms with E-state index in [9.17, 15) is 4.79 Å². The molecule has 6 heteroatoms. The number of rotatable bonds is 4. The lowest BCUT2D eigenvalue weighted by Crippen LogP contribution is -2.32. The minimum atomic E-state index is 0.311. The smallest absolute Gasteiger partial charge is 0.186 e.